The Labute approximate surface area is 334 Å². The van der Waals surface area contributed by atoms with Gasteiger partial charge in [-0.05, 0) is 0 Å². The molecule has 0 N–H and O–H groups in total. The Morgan fingerprint density at radius 1 is 0.460 bits per heavy atom. The van der Waals surface area contributed by atoms with E-state index in [2.05, 4.69) is 103 Å². The first-order valence-electron chi connectivity index (χ1n) is 20.2. The number of unbranched alkanes of at least 4 members (excludes halogenated alkanes) is 14. The van der Waals surface area contributed by atoms with Crippen molar-refractivity contribution < 1.29 is 0 Å². The molecule has 0 aliphatic heterocycles. The molecule has 0 saturated carbocycles. The molecular weight excluding hydrogens is 988 g/mol. The first-order chi connectivity index (χ1) is 24.0. The first kappa shape index (κ1) is 41.9. The van der Waals surface area contributed by atoms with Crippen molar-refractivity contribution in [1.29, 1.82) is 0 Å². The van der Waals surface area contributed by atoms with Gasteiger partial charge in [0.05, 0.1) is 0 Å². The van der Waals surface area contributed by atoms with E-state index in [9.17, 15) is 0 Å². The van der Waals surface area contributed by atoms with Crippen LogP contribution in [0.3, 0.4) is 0 Å². The third kappa shape index (κ3) is 11.4. The fraction of sp³-hybridized carbons (Fsp3) is 0.591. The van der Waals surface area contributed by atoms with Crippen LogP contribution in [-0.4, -0.2) is 65.8 Å². The molecule has 0 atom stereocenters. The van der Waals surface area contributed by atoms with E-state index in [1.165, 1.54) is 116 Å². The van der Waals surface area contributed by atoms with Gasteiger partial charge in [0.1, 0.15) is 0 Å². The quantitative estimate of drug-likeness (QED) is 0.0479. The standard InChI is InChI=1S/C38H48S2Se2.6CH3.2Sn/c1-3-5-7-9-11-13-15-17-19-29-21-23-33(41-29)35-31-25-27-40-38(31)36(32-26-28-39-37(32)35)34-24-22-30(42-34)20-18-16-14-12-10-8-6-4-2;;;;;;;;/h21-26H,3-20H2,1-2H3;6*1H3;;. The van der Waals surface area contributed by atoms with Gasteiger partial charge in [0, 0.05) is 0 Å². The van der Waals surface area contributed by atoms with E-state index in [0.29, 0.717) is 29.0 Å². The van der Waals surface area contributed by atoms with E-state index >= 15 is 0 Å². The SMILES string of the molecule is CCCCCCCCCCc1ccc(-c2c3c[c]([Sn]([CH3])([CH3])[CH3])sc3c(-c3ccc(CCCCCCCCCC)[se]3)c3c[c]([Sn]([CH3])([CH3])[CH3])sc23)[se]1. The zero-order valence-electron chi connectivity index (χ0n) is 32.8. The van der Waals surface area contributed by atoms with Gasteiger partial charge < -0.3 is 0 Å². The third-order valence-electron chi connectivity index (χ3n) is 10.3. The molecule has 50 heavy (non-hydrogen) atoms. The van der Waals surface area contributed by atoms with Crippen LogP contribution in [0.15, 0.2) is 36.4 Å². The summed E-state index contributed by atoms with van der Waals surface area (Å²) >= 11 is 0.740. The van der Waals surface area contributed by atoms with Crippen LogP contribution in [0.25, 0.3) is 40.2 Å². The van der Waals surface area contributed by atoms with Crippen molar-refractivity contribution in [2.24, 2.45) is 0 Å². The number of thiophene rings is 2. The van der Waals surface area contributed by atoms with Gasteiger partial charge in [-0.3, -0.25) is 0 Å². The summed E-state index contributed by atoms with van der Waals surface area (Å²) in [7, 11) is 0. The molecule has 4 heterocycles. The van der Waals surface area contributed by atoms with Gasteiger partial charge in [0.2, 0.25) is 0 Å². The van der Waals surface area contributed by atoms with E-state index < -0.39 is 36.8 Å². The number of hydrogen-bond acceptors (Lipinski definition) is 2. The molecule has 0 spiro atoms. The average Bonchev–Trinajstić information content (AvgIpc) is 3.88. The molecule has 5 aromatic rings. The Kier molecular flexibility index (Phi) is 16.8. The fourth-order valence-electron chi connectivity index (χ4n) is 7.16. The predicted octanol–water partition coefficient (Wildman–Crippen LogP) is 14.0. The molecule has 0 unspecified atom stereocenters. The predicted molar refractivity (Wildman–Crippen MR) is 241 cm³/mol. The van der Waals surface area contributed by atoms with E-state index in [1.807, 2.05) is 0 Å². The number of rotatable bonds is 22. The minimum atomic E-state index is -2.29. The Morgan fingerprint density at radius 2 is 0.800 bits per heavy atom. The molecule has 5 rings (SSSR count). The molecule has 6 heteroatoms. The van der Waals surface area contributed by atoms with Crippen molar-refractivity contribution in [2.45, 2.75) is 159 Å². The van der Waals surface area contributed by atoms with E-state index in [-0.39, 0.29) is 0 Å². The summed E-state index contributed by atoms with van der Waals surface area (Å²) in [5.41, 5.74) is 3.29. The van der Waals surface area contributed by atoms with Crippen molar-refractivity contribution in [2.75, 3.05) is 0 Å². The van der Waals surface area contributed by atoms with Gasteiger partial charge in [-0.25, -0.2) is 0 Å². The molecule has 1 aromatic carbocycles. The Bertz CT molecular complexity index is 1590. The summed E-state index contributed by atoms with van der Waals surface area (Å²) in [4.78, 5) is 15.7. The second kappa shape index (κ2) is 20.1. The van der Waals surface area contributed by atoms with Crippen molar-refractivity contribution in [3.05, 3.63) is 45.3 Å². The van der Waals surface area contributed by atoms with Gasteiger partial charge in [-0.15, -0.1) is 0 Å². The summed E-state index contributed by atoms with van der Waals surface area (Å²) in [6.45, 7) is 4.64. The molecular formula is C44H66S2Se2Sn2. The maximum atomic E-state index is 2.72. The molecule has 274 valence electrons. The molecule has 0 nitrogen and oxygen atoms in total. The molecule has 0 fully saturated rings. The fourth-order valence-corrected chi connectivity index (χ4v) is 25.0. The Morgan fingerprint density at radius 3 is 1.14 bits per heavy atom. The van der Waals surface area contributed by atoms with Gasteiger partial charge >= 0.3 is 339 Å². The molecule has 0 saturated heterocycles. The number of aryl methyl sites for hydroxylation is 2. The first-order valence-corrected chi connectivity index (χ1v) is 45.3. The zero-order valence-corrected chi connectivity index (χ0v) is 43.6. The van der Waals surface area contributed by atoms with Gasteiger partial charge in [-0.2, -0.15) is 0 Å². The van der Waals surface area contributed by atoms with E-state index in [0.717, 1.165) is 0 Å². The average molecular weight is 1050 g/mol. The van der Waals surface area contributed by atoms with Crippen LogP contribution in [0.5, 0.6) is 0 Å². The molecule has 0 radical (unpaired) electrons. The maximum absolute atomic E-state index is 2.72. The van der Waals surface area contributed by atoms with Crippen LogP contribution in [0.1, 0.15) is 125 Å². The molecule has 0 aliphatic rings. The number of fused-ring (bicyclic) bond motifs is 2. The van der Waals surface area contributed by atoms with Crippen LogP contribution in [0.4, 0.5) is 0 Å². The number of benzene rings is 1. The van der Waals surface area contributed by atoms with Crippen LogP contribution in [-0.2, 0) is 12.8 Å². The Balaban J connectivity index is 1.46. The minimum absolute atomic E-state index is 0.450. The van der Waals surface area contributed by atoms with Crippen LogP contribution in [0.2, 0.25) is 29.6 Å². The van der Waals surface area contributed by atoms with E-state index in [1.54, 1.807) is 54.8 Å². The second-order valence-corrected chi connectivity index (χ2v) is 54.8. The zero-order chi connectivity index (χ0) is 35.7. The van der Waals surface area contributed by atoms with E-state index in [4.69, 9.17) is 0 Å². The summed E-state index contributed by atoms with van der Waals surface area (Å²) in [6.07, 6.45) is 25.2. The summed E-state index contributed by atoms with van der Waals surface area (Å²) in [5.74, 6) is 0. The van der Waals surface area contributed by atoms with Crippen molar-refractivity contribution >= 4 is 114 Å². The summed E-state index contributed by atoms with van der Waals surface area (Å²) < 4.78 is 13.6. The number of hydrogen-bond donors (Lipinski definition) is 0. The van der Waals surface area contributed by atoms with Crippen molar-refractivity contribution in [3.8, 4) is 20.0 Å². The topological polar surface area (TPSA) is 0 Å². The van der Waals surface area contributed by atoms with Crippen LogP contribution < -0.4 is 5.79 Å². The Hall–Kier alpha value is 0.736. The summed E-state index contributed by atoms with van der Waals surface area (Å²) in [5, 5.41) is 3.22. The normalized spacial score (nSPS) is 12.6. The molecule has 0 aliphatic carbocycles. The van der Waals surface area contributed by atoms with Gasteiger partial charge in [-0.1, -0.05) is 0 Å². The van der Waals surface area contributed by atoms with Crippen LogP contribution in [0, 0.1) is 0 Å². The second-order valence-electron chi connectivity index (χ2n) is 16.9. The summed E-state index contributed by atoms with van der Waals surface area (Å²) in [6, 6.07) is 15.7. The van der Waals surface area contributed by atoms with Gasteiger partial charge in [0.25, 0.3) is 0 Å². The third-order valence-corrected chi connectivity index (χ3v) is 36.3. The van der Waals surface area contributed by atoms with Crippen molar-refractivity contribution in [1.82, 2.24) is 0 Å². The molecule has 4 aromatic heterocycles. The molecule has 0 amide bonds. The monoisotopic (exact) mass is 1060 g/mol. The molecule has 0 bridgehead atoms. The van der Waals surface area contributed by atoms with Crippen molar-refractivity contribution in [3.63, 3.8) is 0 Å². The van der Waals surface area contributed by atoms with Crippen LogP contribution >= 0.6 is 22.7 Å². The van der Waals surface area contributed by atoms with Gasteiger partial charge in [0.15, 0.2) is 0 Å².